The molecule has 0 spiro atoms. The van der Waals surface area contributed by atoms with E-state index in [2.05, 4.69) is 0 Å². The fourth-order valence-corrected chi connectivity index (χ4v) is 1.35. The van der Waals surface area contributed by atoms with Crippen molar-refractivity contribution in [3.63, 3.8) is 0 Å². The predicted octanol–water partition coefficient (Wildman–Crippen LogP) is 1.52. The van der Waals surface area contributed by atoms with Crippen LogP contribution in [-0.4, -0.2) is 25.7 Å². The first-order valence-corrected chi connectivity index (χ1v) is 5.33. The molecule has 0 aromatic heterocycles. The van der Waals surface area contributed by atoms with E-state index in [1.54, 1.807) is 0 Å². The summed E-state index contributed by atoms with van der Waals surface area (Å²) < 4.78 is 10.6. The molecule has 0 aliphatic rings. The molecule has 0 heterocycles. The third kappa shape index (κ3) is 4.00. The lowest BCUT2D eigenvalue weighted by Gasteiger charge is -2.08. The second-order valence-corrected chi connectivity index (χ2v) is 3.32. The SMILES string of the molecule is CCOCCOCc1ccccc1C(=N)N. The molecule has 1 rings (SSSR count). The van der Waals surface area contributed by atoms with Gasteiger partial charge in [-0.2, -0.15) is 0 Å². The van der Waals surface area contributed by atoms with Crippen LogP contribution in [0.2, 0.25) is 0 Å². The van der Waals surface area contributed by atoms with E-state index in [0.29, 0.717) is 26.4 Å². The van der Waals surface area contributed by atoms with Crippen LogP contribution in [0.15, 0.2) is 24.3 Å². The van der Waals surface area contributed by atoms with Crippen LogP contribution < -0.4 is 5.73 Å². The number of nitrogen functional groups attached to an aromatic ring is 1. The molecule has 88 valence electrons. The van der Waals surface area contributed by atoms with E-state index in [1.807, 2.05) is 31.2 Å². The lowest BCUT2D eigenvalue weighted by molar-refractivity contribution is 0.0452. The maximum Gasteiger partial charge on any atom is 0.123 e. The fourth-order valence-electron chi connectivity index (χ4n) is 1.35. The van der Waals surface area contributed by atoms with Crippen molar-refractivity contribution in [2.45, 2.75) is 13.5 Å². The Kier molecular flexibility index (Phi) is 5.53. The molecule has 0 unspecified atom stereocenters. The number of nitrogens with two attached hydrogens (primary N) is 1. The Balaban J connectivity index is 2.44. The molecule has 0 fully saturated rings. The first-order chi connectivity index (χ1) is 7.75. The fraction of sp³-hybridized carbons (Fsp3) is 0.417. The standard InChI is InChI=1S/C12H18N2O2/c1-2-15-7-8-16-9-10-5-3-4-6-11(10)12(13)14/h3-6H,2,7-9H2,1H3,(H3,13,14). The van der Waals surface area contributed by atoms with Crippen molar-refractivity contribution in [3.8, 4) is 0 Å². The van der Waals surface area contributed by atoms with Crippen LogP contribution in [0.4, 0.5) is 0 Å². The number of ether oxygens (including phenoxy) is 2. The van der Waals surface area contributed by atoms with Crippen LogP contribution in [0, 0.1) is 5.41 Å². The lowest BCUT2D eigenvalue weighted by Crippen LogP contribution is -2.14. The minimum atomic E-state index is 0.0732. The molecule has 0 aliphatic carbocycles. The number of benzene rings is 1. The molecule has 0 aliphatic heterocycles. The highest BCUT2D eigenvalue weighted by atomic mass is 16.5. The van der Waals surface area contributed by atoms with Crippen molar-refractivity contribution in [1.29, 1.82) is 5.41 Å². The monoisotopic (exact) mass is 222 g/mol. The summed E-state index contributed by atoms with van der Waals surface area (Å²) in [5, 5.41) is 7.42. The van der Waals surface area contributed by atoms with Gasteiger partial charge in [0.1, 0.15) is 5.84 Å². The normalized spacial score (nSPS) is 10.3. The first kappa shape index (κ1) is 12.7. The largest absolute Gasteiger partial charge is 0.384 e. The molecule has 0 radical (unpaired) electrons. The summed E-state index contributed by atoms with van der Waals surface area (Å²) in [6, 6.07) is 7.51. The molecule has 0 saturated carbocycles. The third-order valence-corrected chi connectivity index (χ3v) is 2.14. The number of hydrogen-bond acceptors (Lipinski definition) is 3. The Morgan fingerprint density at radius 2 is 1.94 bits per heavy atom. The molecule has 4 nitrogen and oxygen atoms in total. The highest BCUT2D eigenvalue weighted by molar-refractivity contribution is 5.96. The van der Waals surface area contributed by atoms with Crippen molar-refractivity contribution < 1.29 is 9.47 Å². The molecular formula is C12H18N2O2. The van der Waals surface area contributed by atoms with Crippen LogP contribution in [0.3, 0.4) is 0 Å². The average Bonchev–Trinajstić information content (AvgIpc) is 2.29. The minimum absolute atomic E-state index is 0.0732. The number of rotatable bonds is 7. The van der Waals surface area contributed by atoms with Crippen molar-refractivity contribution >= 4 is 5.84 Å². The van der Waals surface area contributed by atoms with Gasteiger partial charge in [-0.1, -0.05) is 24.3 Å². The van der Waals surface area contributed by atoms with Crippen LogP contribution in [-0.2, 0) is 16.1 Å². The number of hydrogen-bond donors (Lipinski definition) is 2. The molecule has 0 bridgehead atoms. The molecule has 0 amide bonds. The van der Waals surface area contributed by atoms with Gasteiger partial charge in [0.2, 0.25) is 0 Å². The van der Waals surface area contributed by atoms with E-state index in [9.17, 15) is 0 Å². The van der Waals surface area contributed by atoms with Crippen molar-refractivity contribution in [2.75, 3.05) is 19.8 Å². The van der Waals surface area contributed by atoms with E-state index in [1.165, 1.54) is 0 Å². The van der Waals surface area contributed by atoms with E-state index in [4.69, 9.17) is 20.6 Å². The van der Waals surface area contributed by atoms with Gasteiger partial charge >= 0.3 is 0 Å². The van der Waals surface area contributed by atoms with Gasteiger partial charge in [0, 0.05) is 12.2 Å². The first-order valence-electron chi connectivity index (χ1n) is 5.33. The molecule has 16 heavy (non-hydrogen) atoms. The summed E-state index contributed by atoms with van der Waals surface area (Å²) in [6.07, 6.45) is 0. The Morgan fingerprint density at radius 1 is 1.25 bits per heavy atom. The highest BCUT2D eigenvalue weighted by Crippen LogP contribution is 2.09. The Bertz CT molecular complexity index is 340. The van der Waals surface area contributed by atoms with E-state index < -0.39 is 0 Å². The predicted molar refractivity (Wildman–Crippen MR) is 63.6 cm³/mol. The van der Waals surface area contributed by atoms with Gasteiger partial charge in [0.15, 0.2) is 0 Å². The Hall–Kier alpha value is -1.39. The van der Waals surface area contributed by atoms with Gasteiger partial charge in [0.05, 0.1) is 19.8 Å². The van der Waals surface area contributed by atoms with Crippen LogP contribution in [0.25, 0.3) is 0 Å². The van der Waals surface area contributed by atoms with Crippen LogP contribution in [0.1, 0.15) is 18.1 Å². The molecular weight excluding hydrogens is 204 g/mol. The zero-order valence-corrected chi connectivity index (χ0v) is 9.53. The summed E-state index contributed by atoms with van der Waals surface area (Å²) in [6.45, 7) is 4.26. The summed E-state index contributed by atoms with van der Waals surface area (Å²) in [7, 11) is 0. The van der Waals surface area contributed by atoms with Gasteiger partial charge in [-0.25, -0.2) is 0 Å². The van der Waals surface area contributed by atoms with Gasteiger partial charge in [-0.3, -0.25) is 5.41 Å². The van der Waals surface area contributed by atoms with E-state index in [0.717, 1.165) is 11.1 Å². The Morgan fingerprint density at radius 3 is 2.62 bits per heavy atom. The molecule has 1 aromatic carbocycles. The van der Waals surface area contributed by atoms with E-state index >= 15 is 0 Å². The van der Waals surface area contributed by atoms with Crippen molar-refractivity contribution in [2.24, 2.45) is 5.73 Å². The smallest absolute Gasteiger partial charge is 0.123 e. The molecule has 4 heteroatoms. The van der Waals surface area contributed by atoms with Gasteiger partial charge in [-0.15, -0.1) is 0 Å². The molecule has 1 aromatic rings. The van der Waals surface area contributed by atoms with Crippen LogP contribution >= 0.6 is 0 Å². The maximum atomic E-state index is 7.42. The molecule has 3 N–H and O–H groups in total. The maximum absolute atomic E-state index is 7.42. The molecule has 0 atom stereocenters. The summed E-state index contributed by atoms with van der Waals surface area (Å²) >= 11 is 0. The quantitative estimate of drug-likeness (QED) is 0.417. The minimum Gasteiger partial charge on any atom is -0.384 e. The zero-order valence-electron chi connectivity index (χ0n) is 9.53. The average molecular weight is 222 g/mol. The zero-order chi connectivity index (χ0) is 11.8. The topological polar surface area (TPSA) is 68.3 Å². The Labute approximate surface area is 95.9 Å². The summed E-state index contributed by atoms with van der Waals surface area (Å²) in [5.41, 5.74) is 7.14. The number of nitrogens with one attached hydrogen (secondary N) is 1. The highest BCUT2D eigenvalue weighted by Gasteiger charge is 2.03. The second-order valence-electron chi connectivity index (χ2n) is 3.32. The van der Waals surface area contributed by atoms with Gasteiger partial charge in [-0.05, 0) is 12.5 Å². The number of amidine groups is 1. The third-order valence-electron chi connectivity index (χ3n) is 2.14. The van der Waals surface area contributed by atoms with Crippen molar-refractivity contribution in [3.05, 3.63) is 35.4 Å². The summed E-state index contributed by atoms with van der Waals surface area (Å²) in [4.78, 5) is 0. The van der Waals surface area contributed by atoms with Crippen LogP contribution in [0.5, 0.6) is 0 Å². The van der Waals surface area contributed by atoms with Gasteiger partial charge < -0.3 is 15.2 Å². The summed E-state index contributed by atoms with van der Waals surface area (Å²) in [5.74, 6) is 0.0732. The van der Waals surface area contributed by atoms with Gasteiger partial charge in [0.25, 0.3) is 0 Å². The second kappa shape index (κ2) is 6.98. The lowest BCUT2D eigenvalue weighted by atomic mass is 10.1. The van der Waals surface area contributed by atoms with Crippen molar-refractivity contribution in [1.82, 2.24) is 0 Å². The molecule has 0 saturated heterocycles. The van der Waals surface area contributed by atoms with E-state index in [-0.39, 0.29) is 5.84 Å².